The third-order valence-corrected chi connectivity index (χ3v) is 6.63. The molecule has 1 aliphatic carbocycles. The molecule has 0 amide bonds. The molecule has 1 aromatic carbocycles. The number of hydrogen-bond acceptors (Lipinski definition) is 4. The fourth-order valence-electron chi connectivity index (χ4n) is 2.21. The molecule has 1 aromatic rings. The van der Waals surface area contributed by atoms with Gasteiger partial charge in [0.05, 0.1) is 17.4 Å². The van der Waals surface area contributed by atoms with Crippen molar-refractivity contribution in [1.29, 1.82) is 5.26 Å². The summed E-state index contributed by atoms with van der Waals surface area (Å²) in [6.45, 7) is 0.483. The van der Waals surface area contributed by atoms with E-state index in [9.17, 15) is 8.42 Å². The van der Waals surface area contributed by atoms with Crippen molar-refractivity contribution in [1.82, 2.24) is 4.72 Å². The normalized spacial score (nSPS) is 17.2. The Bertz CT molecular complexity index is 594. The summed E-state index contributed by atoms with van der Waals surface area (Å²) >= 11 is 1.74. The fraction of sp³-hybridized carbons (Fsp3) is 0.500. The first-order valence-electron chi connectivity index (χ1n) is 6.52. The molecule has 0 unspecified atom stereocenters. The number of nitriles is 1. The van der Waals surface area contributed by atoms with Crippen LogP contribution in [0.25, 0.3) is 0 Å². The van der Waals surface area contributed by atoms with Crippen LogP contribution in [0, 0.1) is 11.3 Å². The van der Waals surface area contributed by atoms with Crippen molar-refractivity contribution >= 4 is 21.8 Å². The van der Waals surface area contributed by atoms with Crippen LogP contribution in [-0.2, 0) is 16.4 Å². The number of rotatable bonds is 6. The summed E-state index contributed by atoms with van der Waals surface area (Å²) in [7, 11) is -3.46. The summed E-state index contributed by atoms with van der Waals surface area (Å²) in [5, 5.41) is 8.60. The molecule has 1 aliphatic rings. The number of benzene rings is 1. The first-order chi connectivity index (χ1) is 9.51. The van der Waals surface area contributed by atoms with Crippen LogP contribution >= 0.6 is 11.8 Å². The van der Waals surface area contributed by atoms with Gasteiger partial charge in [-0.3, -0.25) is 0 Å². The summed E-state index contributed by atoms with van der Waals surface area (Å²) in [4.78, 5) is 0.259. The van der Waals surface area contributed by atoms with E-state index in [1.165, 1.54) is 6.42 Å². The minimum Gasteiger partial charge on any atom is -0.210 e. The van der Waals surface area contributed by atoms with E-state index >= 15 is 0 Å². The molecule has 2 rings (SSSR count). The van der Waals surface area contributed by atoms with Crippen LogP contribution in [-0.4, -0.2) is 26.0 Å². The van der Waals surface area contributed by atoms with Gasteiger partial charge in [0, 0.05) is 11.3 Å². The Morgan fingerprint density at radius 3 is 2.45 bits per heavy atom. The monoisotopic (exact) mass is 310 g/mol. The molecular formula is C14H18N2O2S2. The lowest BCUT2D eigenvalue weighted by Crippen LogP contribution is -2.45. The van der Waals surface area contributed by atoms with Crippen molar-refractivity contribution in [3.63, 3.8) is 0 Å². The quantitative estimate of drug-likeness (QED) is 0.875. The topological polar surface area (TPSA) is 70.0 Å². The molecule has 0 bridgehead atoms. The van der Waals surface area contributed by atoms with Crippen LogP contribution in [0.2, 0.25) is 0 Å². The van der Waals surface area contributed by atoms with Crippen molar-refractivity contribution in [3.8, 4) is 6.07 Å². The number of hydrogen-bond donors (Lipinski definition) is 1. The van der Waals surface area contributed by atoms with Crippen LogP contribution < -0.4 is 4.72 Å². The van der Waals surface area contributed by atoms with Gasteiger partial charge < -0.3 is 0 Å². The molecule has 20 heavy (non-hydrogen) atoms. The fourth-order valence-corrected chi connectivity index (χ4v) is 4.34. The second-order valence-electron chi connectivity index (χ2n) is 5.04. The maximum Gasteiger partial charge on any atom is 0.240 e. The zero-order valence-corrected chi connectivity index (χ0v) is 13.1. The van der Waals surface area contributed by atoms with Gasteiger partial charge in [-0.1, -0.05) is 18.6 Å². The SMILES string of the molecule is CSC1(CNS(=O)(=O)c2ccc(CC#N)cc2)CCC1. The molecule has 0 aromatic heterocycles. The molecule has 6 heteroatoms. The van der Waals surface area contributed by atoms with Crippen LogP contribution in [0.5, 0.6) is 0 Å². The van der Waals surface area contributed by atoms with E-state index in [1.54, 1.807) is 36.0 Å². The first kappa shape index (κ1) is 15.4. The highest BCUT2D eigenvalue weighted by atomic mass is 32.2. The predicted molar refractivity (Wildman–Crippen MR) is 81.0 cm³/mol. The van der Waals surface area contributed by atoms with Gasteiger partial charge in [-0.15, -0.1) is 0 Å². The van der Waals surface area contributed by atoms with Gasteiger partial charge >= 0.3 is 0 Å². The molecule has 0 saturated heterocycles. The molecule has 0 aliphatic heterocycles. The minimum absolute atomic E-state index is 0.0772. The average molecular weight is 310 g/mol. The third-order valence-electron chi connectivity index (χ3n) is 3.80. The largest absolute Gasteiger partial charge is 0.240 e. The highest BCUT2D eigenvalue weighted by Gasteiger charge is 2.37. The standard InChI is InChI=1S/C14H18N2O2S2/c1-19-14(8-2-9-14)11-16-20(17,18)13-5-3-12(4-6-13)7-10-15/h3-6,16H,2,7-9,11H2,1H3. The maximum absolute atomic E-state index is 12.2. The molecule has 1 fully saturated rings. The molecule has 0 spiro atoms. The van der Waals surface area contributed by atoms with Crippen LogP contribution in [0.4, 0.5) is 0 Å². The minimum atomic E-state index is -3.46. The van der Waals surface area contributed by atoms with Crippen molar-refractivity contribution in [2.24, 2.45) is 0 Å². The average Bonchev–Trinajstić information content (AvgIpc) is 2.39. The highest BCUT2D eigenvalue weighted by Crippen LogP contribution is 2.42. The zero-order chi connectivity index (χ0) is 14.6. The van der Waals surface area contributed by atoms with Gasteiger partial charge in [0.1, 0.15) is 0 Å². The second kappa shape index (κ2) is 6.17. The lowest BCUT2D eigenvalue weighted by molar-refractivity contribution is 0.362. The molecule has 4 nitrogen and oxygen atoms in total. The molecular weight excluding hydrogens is 292 g/mol. The predicted octanol–water partition coefficient (Wildman–Crippen LogP) is 2.32. The number of nitrogens with one attached hydrogen (secondary N) is 1. The molecule has 0 atom stereocenters. The van der Waals surface area contributed by atoms with Gasteiger partial charge in [0.2, 0.25) is 10.0 Å². The van der Waals surface area contributed by atoms with Crippen molar-refractivity contribution < 1.29 is 8.42 Å². The second-order valence-corrected chi connectivity index (χ2v) is 8.09. The molecule has 108 valence electrons. The Morgan fingerprint density at radius 1 is 1.35 bits per heavy atom. The number of sulfonamides is 1. The number of thioether (sulfide) groups is 1. The third kappa shape index (κ3) is 3.35. The van der Waals surface area contributed by atoms with Gasteiger partial charge in [0.15, 0.2) is 0 Å². The summed E-state index contributed by atoms with van der Waals surface area (Å²) in [6.07, 6.45) is 5.63. The first-order valence-corrected chi connectivity index (χ1v) is 9.23. The van der Waals surface area contributed by atoms with E-state index in [1.807, 2.05) is 12.3 Å². The van der Waals surface area contributed by atoms with E-state index in [0.29, 0.717) is 13.0 Å². The Labute approximate surface area is 124 Å². The Balaban J connectivity index is 2.04. The van der Waals surface area contributed by atoms with Gasteiger partial charge in [-0.2, -0.15) is 17.0 Å². The Kier molecular flexibility index (Phi) is 4.74. The zero-order valence-electron chi connectivity index (χ0n) is 11.4. The van der Waals surface area contributed by atoms with Crippen molar-refractivity contribution in [2.45, 2.75) is 35.3 Å². The Morgan fingerprint density at radius 2 is 2.00 bits per heavy atom. The van der Waals surface area contributed by atoms with Gasteiger partial charge in [0.25, 0.3) is 0 Å². The van der Waals surface area contributed by atoms with Crippen molar-refractivity contribution in [3.05, 3.63) is 29.8 Å². The number of nitrogens with zero attached hydrogens (tertiary/aromatic N) is 1. The van der Waals surface area contributed by atoms with Crippen LogP contribution in [0.3, 0.4) is 0 Å². The summed E-state index contributed by atoms with van der Waals surface area (Å²) in [5.41, 5.74) is 0.825. The van der Waals surface area contributed by atoms with Crippen molar-refractivity contribution in [2.75, 3.05) is 12.8 Å². The van der Waals surface area contributed by atoms with E-state index in [4.69, 9.17) is 5.26 Å². The Hall–Kier alpha value is -1.03. The maximum atomic E-state index is 12.2. The molecule has 1 N–H and O–H groups in total. The van der Waals surface area contributed by atoms with Crippen LogP contribution in [0.15, 0.2) is 29.2 Å². The van der Waals surface area contributed by atoms with E-state index < -0.39 is 10.0 Å². The van der Waals surface area contributed by atoms with Crippen LogP contribution in [0.1, 0.15) is 24.8 Å². The summed E-state index contributed by atoms with van der Waals surface area (Å²) in [5.74, 6) is 0. The highest BCUT2D eigenvalue weighted by molar-refractivity contribution is 8.00. The van der Waals surface area contributed by atoms with Gasteiger partial charge in [-0.25, -0.2) is 13.1 Å². The molecule has 1 saturated carbocycles. The summed E-state index contributed by atoms with van der Waals surface area (Å²) < 4.78 is 27.2. The lowest BCUT2D eigenvalue weighted by atomic mass is 9.84. The smallest absolute Gasteiger partial charge is 0.210 e. The van der Waals surface area contributed by atoms with E-state index in [-0.39, 0.29) is 9.64 Å². The molecule has 0 radical (unpaired) electrons. The summed E-state index contributed by atoms with van der Waals surface area (Å²) in [6, 6.07) is 8.53. The lowest BCUT2D eigenvalue weighted by Gasteiger charge is -2.40. The van der Waals surface area contributed by atoms with E-state index in [0.717, 1.165) is 18.4 Å². The van der Waals surface area contributed by atoms with E-state index in [2.05, 4.69) is 4.72 Å². The molecule has 0 heterocycles. The van der Waals surface area contributed by atoms with Gasteiger partial charge in [-0.05, 0) is 36.8 Å².